The zero-order valence-electron chi connectivity index (χ0n) is 55.5. The smallest absolute Gasteiger partial charge is 0.335 e. The van der Waals surface area contributed by atoms with Crippen LogP contribution in [0, 0.1) is 0 Å². The summed E-state index contributed by atoms with van der Waals surface area (Å²) < 4.78 is 28.6. The first-order chi connectivity index (χ1) is 42.6. The molecular weight excluding hydrogens is 1090 g/mol. The Labute approximate surface area is 531 Å². The lowest BCUT2D eigenvalue weighted by Crippen LogP contribution is -2.61. The van der Waals surface area contributed by atoms with Crippen LogP contribution >= 0.6 is 0 Å². The van der Waals surface area contributed by atoms with E-state index in [0.717, 1.165) is 122 Å². The van der Waals surface area contributed by atoms with Crippen LogP contribution in [-0.4, -0.2) is 89.2 Å². The van der Waals surface area contributed by atoms with Crippen molar-refractivity contribution in [3.8, 4) is 0 Å². The van der Waals surface area contributed by atoms with Crippen molar-refractivity contribution in [1.29, 1.82) is 0 Å². The van der Waals surface area contributed by atoms with E-state index in [9.17, 15) is 34.5 Å². The minimum atomic E-state index is -1.91. The highest BCUT2D eigenvalue weighted by Crippen LogP contribution is 2.27. The van der Waals surface area contributed by atoms with Gasteiger partial charge in [-0.25, -0.2) is 4.79 Å². The van der Waals surface area contributed by atoms with Gasteiger partial charge < -0.3 is 39.0 Å². The van der Waals surface area contributed by atoms with Crippen LogP contribution in [0.25, 0.3) is 0 Å². The largest absolute Gasteiger partial charge is 0.479 e. The summed E-state index contributed by atoms with van der Waals surface area (Å²) in [4.78, 5) is 51.5. The molecule has 6 atom stereocenters. The van der Waals surface area contributed by atoms with Crippen molar-refractivity contribution < 1.29 is 58.2 Å². The molecule has 0 radical (unpaired) electrons. The highest BCUT2D eigenvalue weighted by atomic mass is 16.7. The zero-order valence-corrected chi connectivity index (χ0v) is 55.5. The molecule has 0 spiro atoms. The number of rotatable bonds is 61. The number of carboxylic acids is 1. The molecule has 1 fully saturated rings. The molecule has 0 aliphatic carbocycles. The normalized spacial score (nSPS) is 17.8. The number of unbranched alkanes of at least 4 members (excludes halogenated alkanes) is 33. The Hall–Kier alpha value is -4.10. The number of ether oxygens (including phenoxy) is 5. The fourth-order valence-corrected chi connectivity index (χ4v) is 10.5. The number of aliphatic hydroxyl groups is 2. The third kappa shape index (κ3) is 51.4. The van der Waals surface area contributed by atoms with Crippen LogP contribution in [0.2, 0.25) is 0 Å². The summed E-state index contributed by atoms with van der Waals surface area (Å²) in [6.45, 7) is 5.89. The number of carbonyl (C=O) groups is 4. The SMILES string of the molecule is CC/C=C\C/C=C\C/C=C\C/C=C\CCCCCCCCC(=O)OC1C(OCC(COC(=O)CCCCCCCCCCC/C=C\C/C=C\CCCCC)OC(=O)CCCCCCCCCCC/C=C\CCCCCCCC)OC(C(=O)O)C(O)C1O. The van der Waals surface area contributed by atoms with Gasteiger partial charge in [-0.1, -0.05) is 266 Å². The van der Waals surface area contributed by atoms with Gasteiger partial charge in [-0.2, -0.15) is 0 Å². The van der Waals surface area contributed by atoms with E-state index in [4.69, 9.17) is 23.7 Å². The van der Waals surface area contributed by atoms with Gasteiger partial charge in [0.25, 0.3) is 0 Å². The van der Waals surface area contributed by atoms with Gasteiger partial charge in [0.15, 0.2) is 24.6 Å². The van der Waals surface area contributed by atoms with Gasteiger partial charge in [-0.15, -0.1) is 0 Å². The van der Waals surface area contributed by atoms with Crippen LogP contribution in [0.5, 0.6) is 0 Å². The number of hydrogen-bond donors (Lipinski definition) is 3. The Morgan fingerprint density at radius 2 is 0.724 bits per heavy atom. The summed E-state index contributed by atoms with van der Waals surface area (Å²) in [5, 5.41) is 31.7. The molecule has 12 nitrogen and oxygen atoms in total. The van der Waals surface area contributed by atoms with Gasteiger partial charge in [0.05, 0.1) is 6.61 Å². The number of hydrogen-bond acceptors (Lipinski definition) is 11. The molecule has 500 valence electrons. The lowest BCUT2D eigenvalue weighted by Gasteiger charge is -2.40. The Morgan fingerprint density at radius 1 is 0.391 bits per heavy atom. The van der Waals surface area contributed by atoms with Gasteiger partial charge in [-0.05, 0) is 116 Å². The Morgan fingerprint density at radius 3 is 1.14 bits per heavy atom. The molecule has 1 rings (SSSR count). The Kier molecular flexibility index (Phi) is 57.8. The maximum Gasteiger partial charge on any atom is 0.335 e. The van der Waals surface area contributed by atoms with Crippen molar-refractivity contribution in [3.63, 3.8) is 0 Å². The lowest BCUT2D eigenvalue weighted by atomic mass is 9.98. The van der Waals surface area contributed by atoms with E-state index in [-0.39, 0.29) is 25.9 Å². The standard InChI is InChI=1S/C75H128O12/c1-4-7-10-13-16-19-22-25-28-31-34-37-40-43-46-49-52-55-58-61-67(76)83-64-66(85-68(77)62-59-56-53-50-47-44-41-38-35-32-29-26-23-20-17-14-11-8-5-2)65-84-75-73(71(80)70(79)72(87-75)74(81)82)86-69(78)63-60-57-54-51-48-45-42-39-36-33-30-27-24-21-18-15-12-9-6-3/h9,12,16,18-19,21,25-30,36,39,66,70-73,75,79-80H,4-8,10-11,13-15,17,20,22-24,31-35,37-38,40-65H2,1-3H3,(H,81,82)/b12-9-,19-16-,21-18-,28-25-,29-26-,30-27-,39-36-. The number of carboxylic acid groups (broad SMARTS) is 1. The number of carbonyl (C=O) groups excluding carboxylic acids is 3. The van der Waals surface area contributed by atoms with Crippen LogP contribution < -0.4 is 0 Å². The molecule has 12 heteroatoms. The number of aliphatic carboxylic acids is 1. The lowest BCUT2D eigenvalue weighted by molar-refractivity contribution is -0.301. The maximum absolute atomic E-state index is 13.3. The first kappa shape index (κ1) is 80.9. The summed E-state index contributed by atoms with van der Waals surface area (Å²) >= 11 is 0. The van der Waals surface area contributed by atoms with Crippen molar-refractivity contribution in [2.24, 2.45) is 0 Å². The van der Waals surface area contributed by atoms with Crippen molar-refractivity contribution in [2.45, 2.75) is 353 Å². The first-order valence-corrected chi connectivity index (χ1v) is 35.6. The number of aliphatic hydroxyl groups excluding tert-OH is 2. The van der Waals surface area contributed by atoms with E-state index in [0.29, 0.717) is 19.3 Å². The van der Waals surface area contributed by atoms with E-state index in [1.165, 1.54) is 135 Å². The van der Waals surface area contributed by atoms with E-state index in [2.05, 4.69) is 106 Å². The second kappa shape index (κ2) is 62.1. The summed E-state index contributed by atoms with van der Waals surface area (Å²) in [6.07, 6.45) is 69.5. The zero-order chi connectivity index (χ0) is 63.1. The second-order valence-corrected chi connectivity index (χ2v) is 24.1. The van der Waals surface area contributed by atoms with Crippen LogP contribution in [0.1, 0.15) is 316 Å². The van der Waals surface area contributed by atoms with Gasteiger partial charge in [0.1, 0.15) is 18.8 Å². The highest BCUT2D eigenvalue weighted by Gasteiger charge is 2.50. The third-order valence-corrected chi connectivity index (χ3v) is 15.9. The summed E-state index contributed by atoms with van der Waals surface area (Å²) in [6, 6.07) is 0. The van der Waals surface area contributed by atoms with Gasteiger partial charge in [0.2, 0.25) is 0 Å². The molecule has 1 aliphatic heterocycles. The maximum atomic E-state index is 13.3. The third-order valence-electron chi connectivity index (χ3n) is 15.9. The van der Waals surface area contributed by atoms with Gasteiger partial charge in [-0.3, -0.25) is 14.4 Å². The van der Waals surface area contributed by atoms with Crippen LogP contribution in [0.4, 0.5) is 0 Å². The summed E-state index contributed by atoms with van der Waals surface area (Å²) in [5.74, 6) is -3.13. The minimum absolute atomic E-state index is 0.0419. The quantitative estimate of drug-likeness (QED) is 0.0228. The average molecular weight is 1220 g/mol. The molecule has 3 N–H and O–H groups in total. The molecule has 0 aromatic heterocycles. The van der Waals surface area contributed by atoms with Crippen LogP contribution in [0.15, 0.2) is 85.1 Å². The molecule has 0 saturated carbocycles. The molecule has 0 aromatic carbocycles. The molecule has 0 aromatic rings. The molecule has 87 heavy (non-hydrogen) atoms. The molecule has 6 unspecified atom stereocenters. The van der Waals surface area contributed by atoms with E-state index in [1.54, 1.807) is 0 Å². The highest BCUT2D eigenvalue weighted by molar-refractivity contribution is 5.74. The van der Waals surface area contributed by atoms with Crippen molar-refractivity contribution >= 4 is 23.9 Å². The molecule has 1 aliphatic rings. The van der Waals surface area contributed by atoms with Crippen LogP contribution in [0.3, 0.4) is 0 Å². The fourth-order valence-electron chi connectivity index (χ4n) is 10.5. The van der Waals surface area contributed by atoms with E-state index >= 15 is 0 Å². The molecule has 0 amide bonds. The summed E-state index contributed by atoms with van der Waals surface area (Å²) in [7, 11) is 0. The number of esters is 3. The van der Waals surface area contributed by atoms with Crippen molar-refractivity contribution in [3.05, 3.63) is 85.1 Å². The summed E-state index contributed by atoms with van der Waals surface area (Å²) in [5.41, 5.74) is 0. The van der Waals surface area contributed by atoms with Crippen LogP contribution in [-0.2, 0) is 42.9 Å². The topological polar surface area (TPSA) is 175 Å². The Bertz CT molecular complexity index is 1830. The van der Waals surface area contributed by atoms with Gasteiger partial charge >= 0.3 is 23.9 Å². The first-order valence-electron chi connectivity index (χ1n) is 35.6. The average Bonchev–Trinajstić information content (AvgIpc) is 2.60. The molecule has 1 saturated heterocycles. The fraction of sp³-hybridized carbons (Fsp3) is 0.760. The van der Waals surface area contributed by atoms with E-state index < -0.39 is 67.3 Å². The van der Waals surface area contributed by atoms with E-state index in [1.807, 2.05) is 0 Å². The van der Waals surface area contributed by atoms with Gasteiger partial charge in [0, 0.05) is 19.3 Å². The molecule has 1 heterocycles. The molecular formula is C75H128O12. The predicted octanol–water partition coefficient (Wildman–Crippen LogP) is 19.8. The predicted molar refractivity (Wildman–Crippen MR) is 358 cm³/mol. The van der Waals surface area contributed by atoms with Crippen molar-refractivity contribution in [1.82, 2.24) is 0 Å². The van der Waals surface area contributed by atoms with Crippen molar-refractivity contribution in [2.75, 3.05) is 13.2 Å². The minimum Gasteiger partial charge on any atom is -0.479 e. The molecule has 0 bridgehead atoms. The Balaban J connectivity index is 2.64. The monoisotopic (exact) mass is 1220 g/mol. The second-order valence-electron chi connectivity index (χ2n) is 24.1. The number of allylic oxidation sites excluding steroid dienone is 14.